The smallest absolute Gasteiger partial charge is 0.365 e. The summed E-state index contributed by atoms with van der Waals surface area (Å²) >= 11 is 0.624. The van der Waals surface area contributed by atoms with Crippen molar-refractivity contribution in [3.05, 3.63) is 94.5 Å². The summed E-state index contributed by atoms with van der Waals surface area (Å²) in [6, 6.07) is 14.2. The van der Waals surface area contributed by atoms with Gasteiger partial charge in [-0.05, 0) is 55.3 Å². The third kappa shape index (κ3) is 5.04. The predicted molar refractivity (Wildman–Crippen MR) is 160 cm³/mol. The minimum absolute atomic E-state index is 0.00995. The van der Waals surface area contributed by atoms with E-state index >= 15 is 0 Å². The highest BCUT2D eigenvalue weighted by Crippen LogP contribution is 2.44. The number of halogens is 4. The zero-order valence-electron chi connectivity index (χ0n) is 23.2. The Morgan fingerprint density at radius 1 is 1.02 bits per heavy atom. The summed E-state index contributed by atoms with van der Waals surface area (Å²) in [5, 5.41) is 7.68. The van der Waals surface area contributed by atoms with Crippen molar-refractivity contribution in [2.75, 3.05) is 5.32 Å². The van der Waals surface area contributed by atoms with E-state index in [0.29, 0.717) is 40.0 Å². The van der Waals surface area contributed by atoms with Crippen molar-refractivity contribution in [2.45, 2.75) is 26.6 Å². The van der Waals surface area contributed by atoms with Crippen molar-refractivity contribution in [2.24, 2.45) is 5.73 Å². The van der Waals surface area contributed by atoms with Crippen LogP contribution in [0.4, 0.5) is 23.2 Å². The molecule has 0 saturated carbocycles. The fraction of sp³-hybridized carbons (Fsp3) is 0.129. The number of primary amides is 1. The first-order valence-electron chi connectivity index (χ1n) is 13.3. The van der Waals surface area contributed by atoms with Crippen LogP contribution in [0.1, 0.15) is 38.3 Å². The average Bonchev–Trinajstić information content (AvgIpc) is 3.56. The number of nitrogens with two attached hydrogens (primary N) is 1. The van der Waals surface area contributed by atoms with Crippen LogP contribution in [0.2, 0.25) is 0 Å². The van der Waals surface area contributed by atoms with Gasteiger partial charge >= 0.3 is 6.18 Å². The van der Waals surface area contributed by atoms with Gasteiger partial charge < -0.3 is 11.1 Å². The maximum Gasteiger partial charge on any atom is 0.433 e. The molecule has 222 valence electrons. The highest BCUT2D eigenvalue weighted by atomic mass is 32.1. The molecule has 0 saturated heterocycles. The molecule has 3 N–H and O–H groups in total. The molecule has 0 aliphatic heterocycles. The number of benzene rings is 2. The lowest BCUT2D eigenvalue weighted by Crippen LogP contribution is -2.17. The molecule has 6 rings (SSSR count). The van der Waals surface area contributed by atoms with E-state index in [-0.39, 0.29) is 37.5 Å². The Balaban J connectivity index is 1.56. The molecule has 0 aliphatic carbocycles. The molecule has 2 amide bonds. The first-order valence-corrected chi connectivity index (χ1v) is 14.1. The van der Waals surface area contributed by atoms with Crippen LogP contribution in [0.5, 0.6) is 0 Å². The molecule has 0 aliphatic rings. The van der Waals surface area contributed by atoms with Crippen molar-refractivity contribution in [3.8, 4) is 22.4 Å². The summed E-state index contributed by atoms with van der Waals surface area (Å²) in [6.45, 7) is 4.47. The Bertz CT molecular complexity index is 2100. The van der Waals surface area contributed by atoms with Crippen molar-refractivity contribution in [1.29, 1.82) is 0 Å². The van der Waals surface area contributed by atoms with Gasteiger partial charge in [-0.15, -0.1) is 11.3 Å². The molecule has 0 bridgehead atoms. The lowest BCUT2D eigenvalue weighted by Gasteiger charge is -2.14. The normalized spacial score (nSPS) is 11.8. The Morgan fingerprint density at radius 2 is 1.75 bits per heavy atom. The van der Waals surface area contributed by atoms with E-state index in [1.54, 1.807) is 41.2 Å². The zero-order chi connectivity index (χ0) is 31.3. The molecule has 0 unspecified atom stereocenters. The van der Waals surface area contributed by atoms with E-state index in [9.17, 15) is 27.2 Å². The molecule has 44 heavy (non-hydrogen) atoms. The highest BCUT2D eigenvalue weighted by molar-refractivity contribution is 7.21. The first-order chi connectivity index (χ1) is 21.0. The maximum atomic E-state index is 14.0. The quantitative estimate of drug-likeness (QED) is 0.191. The van der Waals surface area contributed by atoms with Gasteiger partial charge in [-0.2, -0.15) is 18.3 Å². The molecule has 13 heteroatoms. The van der Waals surface area contributed by atoms with Gasteiger partial charge in [-0.3, -0.25) is 14.3 Å². The van der Waals surface area contributed by atoms with Gasteiger partial charge in [0.1, 0.15) is 21.2 Å². The van der Waals surface area contributed by atoms with Gasteiger partial charge in [0.05, 0.1) is 28.7 Å². The van der Waals surface area contributed by atoms with E-state index in [4.69, 9.17) is 10.7 Å². The SMILES string of the molecule is CCn1ncc(-c2cc(C(=O)Nc3c(C(N)=O)sc4nc(C(F)(F)F)cc(-c5ccc(F)cc5)c34)c3ccccc3n2)c1C. The van der Waals surface area contributed by atoms with Gasteiger partial charge in [-0.25, -0.2) is 14.4 Å². The second-order valence-electron chi connectivity index (χ2n) is 9.90. The lowest BCUT2D eigenvalue weighted by atomic mass is 10.0. The summed E-state index contributed by atoms with van der Waals surface area (Å²) in [6.07, 6.45) is -3.16. The standard InChI is InChI=1S/C31H22F4N6O2S/c1-3-41-15(2)21(14-37-41)23-12-20(18-6-4-5-7-22(18)38-23)29(43)40-26-25-19(16-8-10-17(32)11-9-16)13-24(31(33,34)35)39-30(25)44-27(26)28(36)42/h4-14H,3H2,1-2H3,(H2,36,42)(H,40,43). The number of anilines is 1. The minimum Gasteiger partial charge on any atom is -0.365 e. The van der Waals surface area contributed by atoms with Crippen molar-refractivity contribution < 1.29 is 27.2 Å². The number of carbonyl (C=O) groups is 2. The summed E-state index contributed by atoms with van der Waals surface area (Å²) in [7, 11) is 0. The molecular formula is C31H22F4N6O2S. The number of amides is 2. The number of pyridine rings is 2. The van der Waals surface area contributed by atoms with Crippen LogP contribution in [0.15, 0.2) is 66.9 Å². The monoisotopic (exact) mass is 618 g/mol. The molecular weight excluding hydrogens is 596 g/mol. The van der Waals surface area contributed by atoms with E-state index in [1.165, 1.54) is 12.1 Å². The molecule has 0 atom stereocenters. The largest absolute Gasteiger partial charge is 0.433 e. The lowest BCUT2D eigenvalue weighted by molar-refractivity contribution is -0.140. The topological polar surface area (TPSA) is 116 Å². The minimum atomic E-state index is -4.82. The van der Waals surface area contributed by atoms with Crippen LogP contribution in [-0.4, -0.2) is 31.6 Å². The zero-order valence-corrected chi connectivity index (χ0v) is 24.0. The van der Waals surface area contributed by atoms with Crippen molar-refractivity contribution >= 4 is 50.0 Å². The Morgan fingerprint density at radius 3 is 2.41 bits per heavy atom. The number of para-hydroxylation sites is 1. The van der Waals surface area contributed by atoms with Crippen LogP contribution >= 0.6 is 11.3 Å². The number of nitrogens with zero attached hydrogens (tertiary/aromatic N) is 4. The van der Waals surface area contributed by atoms with Crippen molar-refractivity contribution in [3.63, 3.8) is 0 Å². The number of carbonyl (C=O) groups excluding carboxylic acids is 2. The molecule has 4 heterocycles. The van der Waals surface area contributed by atoms with E-state index < -0.39 is 29.5 Å². The maximum absolute atomic E-state index is 14.0. The average molecular weight is 619 g/mol. The van der Waals surface area contributed by atoms with Crippen LogP contribution in [-0.2, 0) is 12.7 Å². The summed E-state index contributed by atoms with van der Waals surface area (Å²) in [4.78, 5) is 34.7. The summed E-state index contributed by atoms with van der Waals surface area (Å²) in [5.41, 5.74) is 7.31. The van der Waals surface area contributed by atoms with Crippen LogP contribution in [0.3, 0.4) is 0 Å². The van der Waals surface area contributed by atoms with Gasteiger partial charge in [0.25, 0.3) is 11.8 Å². The fourth-order valence-corrected chi connectivity index (χ4v) is 6.10. The third-order valence-corrected chi connectivity index (χ3v) is 8.31. The second-order valence-corrected chi connectivity index (χ2v) is 10.9. The van der Waals surface area contributed by atoms with Crippen LogP contribution in [0.25, 0.3) is 43.5 Å². The third-order valence-electron chi connectivity index (χ3n) is 7.21. The number of aryl methyl sites for hydroxylation is 1. The van der Waals surface area contributed by atoms with Gasteiger partial charge in [0.2, 0.25) is 0 Å². The highest BCUT2D eigenvalue weighted by Gasteiger charge is 2.35. The summed E-state index contributed by atoms with van der Waals surface area (Å²) < 4.78 is 57.1. The molecule has 8 nitrogen and oxygen atoms in total. The van der Waals surface area contributed by atoms with Crippen molar-refractivity contribution in [1.82, 2.24) is 19.7 Å². The number of aromatic nitrogens is 4. The molecule has 0 fully saturated rings. The number of alkyl halides is 3. The van der Waals surface area contributed by atoms with Gasteiger partial charge in [0.15, 0.2) is 0 Å². The predicted octanol–water partition coefficient (Wildman–Crippen LogP) is 7.21. The van der Waals surface area contributed by atoms with E-state index in [2.05, 4.69) is 15.4 Å². The Hall–Kier alpha value is -5.17. The number of thiophene rings is 1. The molecule has 6 aromatic rings. The van der Waals surface area contributed by atoms with Crippen LogP contribution < -0.4 is 11.1 Å². The Labute approximate surface area is 251 Å². The van der Waals surface area contributed by atoms with Gasteiger partial charge in [0, 0.05) is 28.6 Å². The molecule has 0 radical (unpaired) electrons. The number of hydrogen-bond acceptors (Lipinski definition) is 6. The number of nitrogens with one attached hydrogen (secondary N) is 1. The number of hydrogen-bond donors (Lipinski definition) is 2. The molecule has 2 aromatic carbocycles. The fourth-order valence-electron chi connectivity index (χ4n) is 5.09. The number of rotatable bonds is 6. The van der Waals surface area contributed by atoms with E-state index in [1.807, 2.05) is 13.8 Å². The van der Waals surface area contributed by atoms with E-state index in [0.717, 1.165) is 23.9 Å². The second kappa shape index (κ2) is 10.8. The Kier molecular flexibility index (Phi) is 7.12. The van der Waals surface area contributed by atoms with Crippen LogP contribution in [0, 0.1) is 12.7 Å². The molecule has 0 spiro atoms. The molecule has 4 aromatic heterocycles. The summed E-state index contributed by atoms with van der Waals surface area (Å²) in [5.74, 6) is -2.21. The van der Waals surface area contributed by atoms with Gasteiger partial charge in [-0.1, -0.05) is 30.3 Å². The number of fused-ring (bicyclic) bond motifs is 2. The first kappa shape index (κ1) is 28.9.